The summed E-state index contributed by atoms with van der Waals surface area (Å²) >= 11 is 0. The van der Waals surface area contributed by atoms with E-state index in [-0.39, 0.29) is 23.7 Å². The second-order valence-electron chi connectivity index (χ2n) is 7.37. The molecular formula is C22H22N6O2. The van der Waals surface area contributed by atoms with Gasteiger partial charge in [-0.05, 0) is 55.7 Å². The van der Waals surface area contributed by atoms with E-state index in [0.29, 0.717) is 12.1 Å². The van der Waals surface area contributed by atoms with Crippen LogP contribution in [0.15, 0.2) is 47.5 Å². The van der Waals surface area contributed by atoms with Gasteiger partial charge in [0, 0.05) is 29.4 Å². The molecule has 0 spiro atoms. The molecule has 0 atom stereocenters. The molecule has 152 valence electrons. The molecule has 2 N–H and O–H groups in total. The lowest BCUT2D eigenvalue weighted by atomic mass is 10.1. The maximum atomic E-state index is 12.5. The van der Waals surface area contributed by atoms with Crippen LogP contribution in [0, 0.1) is 20.8 Å². The third-order valence-electron chi connectivity index (χ3n) is 5.12. The maximum Gasteiger partial charge on any atom is 0.273 e. The molecule has 0 bridgehead atoms. The van der Waals surface area contributed by atoms with Crippen LogP contribution in [0.25, 0.3) is 10.9 Å². The van der Waals surface area contributed by atoms with Crippen LogP contribution in [0.4, 0.5) is 0 Å². The molecule has 30 heavy (non-hydrogen) atoms. The zero-order valence-electron chi connectivity index (χ0n) is 17.1. The zero-order chi connectivity index (χ0) is 21.3. The van der Waals surface area contributed by atoms with Gasteiger partial charge < -0.3 is 10.3 Å². The van der Waals surface area contributed by atoms with Gasteiger partial charge in [0.1, 0.15) is 0 Å². The lowest BCUT2D eigenvalue weighted by molar-refractivity contribution is 0.0945. The van der Waals surface area contributed by atoms with Crippen molar-refractivity contribution in [3.8, 4) is 0 Å². The van der Waals surface area contributed by atoms with Crippen molar-refractivity contribution in [2.45, 2.75) is 33.9 Å². The quantitative estimate of drug-likeness (QED) is 0.533. The molecule has 1 amide bonds. The van der Waals surface area contributed by atoms with E-state index in [1.54, 1.807) is 24.0 Å². The van der Waals surface area contributed by atoms with Gasteiger partial charge in [-0.3, -0.25) is 14.6 Å². The Hall–Kier alpha value is -3.81. The number of aromatic amines is 1. The Kier molecular flexibility index (Phi) is 5.14. The monoisotopic (exact) mass is 402 g/mol. The summed E-state index contributed by atoms with van der Waals surface area (Å²) in [4.78, 5) is 31.4. The van der Waals surface area contributed by atoms with E-state index < -0.39 is 0 Å². The topological polar surface area (TPSA) is 106 Å². The van der Waals surface area contributed by atoms with Crippen LogP contribution in [0.1, 0.15) is 38.4 Å². The smallest absolute Gasteiger partial charge is 0.273 e. The van der Waals surface area contributed by atoms with E-state index >= 15 is 0 Å². The number of fused-ring (bicyclic) bond motifs is 1. The average Bonchev–Trinajstić information content (AvgIpc) is 3.19. The van der Waals surface area contributed by atoms with Crippen molar-refractivity contribution in [1.29, 1.82) is 0 Å². The number of aryl methyl sites for hydroxylation is 2. The molecular weight excluding hydrogens is 380 g/mol. The van der Waals surface area contributed by atoms with Crippen LogP contribution >= 0.6 is 0 Å². The number of nitrogens with zero attached hydrogens (tertiary/aromatic N) is 4. The molecule has 0 aliphatic heterocycles. The minimum atomic E-state index is -0.335. The number of rotatable bonds is 5. The molecule has 0 aliphatic rings. The van der Waals surface area contributed by atoms with Crippen molar-refractivity contribution in [2.75, 3.05) is 0 Å². The molecule has 0 saturated carbocycles. The lowest BCUT2D eigenvalue weighted by Gasteiger charge is -2.09. The van der Waals surface area contributed by atoms with Crippen LogP contribution in [0.2, 0.25) is 0 Å². The maximum absolute atomic E-state index is 12.5. The molecule has 4 aromatic rings. The Morgan fingerprint density at radius 1 is 1.17 bits per heavy atom. The first-order valence-corrected chi connectivity index (χ1v) is 9.63. The largest absolute Gasteiger partial charge is 0.346 e. The predicted octanol–water partition coefficient (Wildman–Crippen LogP) is 2.42. The Morgan fingerprint density at radius 3 is 2.83 bits per heavy atom. The van der Waals surface area contributed by atoms with Crippen molar-refractivity contribution < 1.29 is 4.79 Å². The molecule has 1 aromatic carbocycles. The van der Waals surface area contributed by atoms with Crippen molar-refractivity contribution in [1.82, 2.24) is 30.3 Å². The van der Waals surface area contributed by atoms with Crippen LogP contribution in [0.5, 0.6) is 0 Å². The summed E-state index contributed by atoms with van der Waals surface area (Å²) in [6, 6.07) is 10.1. The van der Waals surface area contributed by atoms with Gasteiger partial charge in [-0.2, -0.15) is 0 Å². The normalized spacial score (nSPS) is 11.0. The third-order valence-corrected chi connectivity index (χ3v) is 5.12. The Balaban J connectivity index is 1.45. The van der Waals surface area contributed by atoms with Gasteiger partial charge >= 0.3 is 0 Å². The zero-order valence-corrected chi connectivity index (χ0v) is 17.1. The summed E-state index contributed by atoms with van der Waals surface area (Å²) in [5, 5.41) is 11.9. The van der Waals surface area contributed by atoms with Crippen LogP contribution in [0.3, 0.4) is 0 Å². The van der Waals surface area contributed by atoms with E-state index in [2.05, 4.69) is 31.7 Å². The number of carbonyl (C=O) groups excluding carboxylic acids is 1. The van der Waals surface area contributed by atoms with E-state index in [1.807, 2.05) is 38.1 Å². The molecule has 0 radical (unpaired) electrons. The Morgan fingerprint density at radius 2 is 2.00 bits per heavy atom. The number of hydrogen-bond acceptors (Lipinski definition) is 5. The molecule has 3 heterocycles. The van der Waals surface area contributed by atoms with Crippen molar-refractivity contribution in [2.24, 2.45) is 0 Å². The van der Waals surface area contributed by atoms with Gasteiger partial charge in [0.15, 0.2) is 5.69 Å². The highest BCUT2D eigenvalue weighted by Crippen LogP contribution is 2.15. The second-order valence-corrected chi connectivity index (χ2v) is 7.37. The standard InChI is InChI=1S/C22H22N6O2/c1-13-9-23-21(29)15(3)18(13)10-24-22(30)20-12-28(27-26-20)11-16-5-7-19-17(8-16)6-4-14(2)25-19/h4-9,12H,10-11H2,1-3H3,(H,23,29)(H,24,30). The van der Waals surface area contributed by atoms with E-state index in [9.17, 15) is 9.59 Å². The fourth-order valence-electron chi connectivity index (χ4n) is 3.38. The van der Waals surface area contributed by atoms with Crippen molar-refractivity contribution >= 4 is 16.8 Å². The molecule has 0 aliphatic carbocycles. The van der Waals surface area contributed by atoms with Crippen LogP contribution < -0.4 is 10.9 Å². The molecule has 3 aromatic heterocycles. The van der Waals surface area contributed by atoms with Gasteiger partial charge in [0.05, 0.1) is 18.3 Å². The summed E-state index contributed by atoms with van der Waals surface area (Å²) in [6.07, 6.45) is 3.26. The highest BCUT2D eigenvalue weighted by molar-refractivity contribution is 5.91. The molecule has 0 fully saturated rings. The second kappa shape index (κ2) is 7.90. The number of H-pyrrole nitrogens is 1. The van der Waals surface area contributed by atoms with Crippen LogP contribution in [-0.2, 0) is 13.1 Å². The highest BCUT2D eigenvalue weighted by atomic mass is 16.2. The summed E-state index contributed by atoms with van der Waals surface area (Å²) in [7, 11) is 0. The molecule has 8 nitrogen and oxygen atoms in total. The Bertz CT molecular complexity index is 1300. The number of carbonyl (C=O) groups is 1. The first kappa shape index (κ1) is 19.5. The fraction of sp³-hybridized carbons (Fsp3) is 0.227. The first-order chi connectivity index (χ1) is 14.4. The number of aromatic nitrogens is 5. The number of benzene rings is 1. The summed E-state index contributed by atoms with van der Waals surface area (Å²) in [5.41, 5.74) is 5.36. The van der Waals surface area contributed by atoms with Crippen LogP contribution in [-0.4, -0.2) is 30.9 Å². The summed E-state index contributed by atoms with van der Waals surface area (Å²) in [5.74, 6) is -0.335. The number of pyridine rings is 2. The van der Waals surface area contributed by atoms with Crippen molar-refractivity contribution in [3.63, 3.8) is 0 Å². The van der Waals surface area contributed by atoms with Crippen molar-refractivity contribution in [3.05, 3.63) is 86.7 Å². The highest BCUT2D eigenvalue weighted by Gasteiger charge is 2.13. The lowest BCUT2D eigenvalue weighted by Crippen LogP contribution is -2.26. The van der Waals surface area contributed by atoms with E-state index in [1.165, 1.54) is 0 Å². The number of amides is 1. The Labute approximate surface area is 173 Å². The van der Waals surface area contributed by atoms with Gasteiger partial charge in [-0.1, -0.05) is 17.3 Å². The van der Waals surface area contributed by atoms with E-state index in [4.69, 9.17) is 0 Å². The minimum absolute atomic E-state index is 0.156. The summed E-state index contributed by atoms with van der Waals surface area (Å²) in [6.45, 7) is 6.35. The number of hydrogen-bond donors (Lipinski definition) is 2. The molecule has 4 rings (SSSR count). The predicted molar refractivity (Wildman–Crippen MR) is 113 cm³/mol. The number of nitrogens with one attached hydrogen (secondary N) is 2. The van der Waals surface area contributed by atoms with Gasteiger partial charge in [0.25, 0.3) is 11.5 Å². The summed E-state index contributed by atoms with van der Waals surface area (Å²) < 4.78 is 1.63. The third kappa shape index (κ3) is 3.98. The van der Waals surface area contributed by atoms with Gasteiger partial charge in [-0.15, -0.1) is 5.10 Å². The van der Waals surface area contributed by atoms with Gasteiger partial charge in [-0.25, -0.2) is 4.68 Å². The molecule has 0 saturated heterocycles. The van der Waals surface area contributed by atoms with E-state index in [0.717, 1.165) is 33.3 Å². The fourth-order valence-corrected chi connectivity index (χ4v) is 3.38. The average molecular weight is 402 g/mol. The van der Waals surface area contributed by atoms with Gasteiger partial charge in [0.2, 0.25) is 0 Å². The SMILES string of the molecule is Cc1ccc2cc(Cn3cc(C(=O)NCc4c(C)c[nH]c(=O)c4C)nn3)ccc2n1. The molecule has 8 heteroatoms. The minimum Gasteiger partial charge on any atom is -0.346 e. The molecule has 0 unspecified atom stereocenters. The first-order valence-electron chi connectivity index (χ1n) is 9.63.